The molecule has 0 saturated carbocycles. The number of non-ortho nitro benzene ring substituents is 1. The Morgan fingerprint density at radius 3 is 2.55 bits per heavy atom. The van der Waals surface area contributed by atoms with Crippen LogP contribution in [0.4, 0.5) is 11.4 Å². The van der Waals surface area contributed by atoms with Gasteiger partial charge in [0, 0.05) is 18.3 Å². The second-order valence-electron chi connectivity index (χ2n) is 4.07. The highest BCUT2D eigenvalue weighted by Gasteiger charge is 2.08. The summed E-state index contributed by atoms with van der Waals surface area (Å²) in [5.74, 6) is -0.368. The molecule has 0 radical (unpaired) electrons. The second-order valence-corrected chi connectivity index (χ2v) is 4.07. The summed E-state index contributed by atoms with van der Waals surface area (Å²) in [6.45, 7) is -0.406. The molecule has 0 atom stereocenters. The average Bonchev–Trinajstić information content (AvgIpc) is 2.48. The number of hydrogen-bond acceptors (Lipinski definition) is 6. The summed E-state index contributed by atoms with van der Waals surface area (Å²) < 4.78 is 5.12. The molecule has 2 aromatic rings. The van der Waals surface area contributed by atoms with Gasteiger partial charge in [0.2, 0.25) is 0 Å². The van der Waals surface area contributed by atoms with E-state index in [1.54, 1.807) is 0 Å². The van der Waals surface area contributed by atoms with Gasteiger partial charge in [0.25, 0.3) is 17.2 Å². The van der Waals surface area contributed by atoms with Crippen molar-refractivity contribution < 1.29 is 14.5 Å². The van der Waals surface area contributed by atoms with Crippen LogP contribution in [0.5, 0.6) is 5.75 Å². The van der Waals surface area contributed by atoms with Crippen LogP contribution in [0, 0.1) is 10.1 Å². The summed E-state index contributed by atoms with van der Waals surface area (Å²) >= 11 is 0. The van der Waals surface area contributed by atoms with Crippen molar-refractivity contribution in [2.45, 2.75) is 0 Å². The fraction of sp³-hybridized carbons (Fsp3) is 0.0833. The van der Waals surface area contributed by atoms with E-state index in [0.29, 0.717) is 0 Å². The molecule has 0 spiro atoms. The van der Waals surface area contributed by atoms with E-state index in [2.05, 4.69) is 10.3 Å². The quantitative estimate of drug-likeness (QED) is 0.522. The van der Waals surface area contributed by atoms with E-state index in [4.69, 9.17) is 4.74 Å². The van der Waals surface area contributed by atoms with E-state index >= 15 is 0 Å². The molecule has 10 nitrogen and oxygen atoms in total. The van der Waals surface area contributed by atoms with Crippen LogP contribution in [-0.2, 0) is 4.79 Å². The van der Waals surface area contributed by atoms with Gasteiger partial charge in [-0.05, 0) is 12.1 Å². The molecular weight excluding hydrogens is 296 g/mol. The van der Waals surface area contributed by atoms with E-state index in [9.17, 15) is 24.5 Å². The Balaban J connectivity index is 1.93. The molecule has 1 amide bonds. The van der Waals surface area contributed by atoms with Gasteiger partial charge in [0.15, 0.2) is 6.61 Å². The smallest absolute Gasteiger partial charge is 0.325 e. The van der Waals surface area contributed by atoms with E-state index < -0.39 is 28.7 Å². The number of benzene rings is 1. The van der Waals surface area contributed by atoms with E-state index in [1.807, 2.05) is 4.98 Å². The summed E-state index contributed by atoms with van der Waals surface area (Å²) in [5, 5.41) is 12.7. The first kappa shape index (κ1) is 15.0. The van der Waals surface area contributed by atoms with E-state index in [-0.39, 0.29) is 17.1 Å². The van der Waals surface area contributed by atoms with Gasteiger partial charge < -0.3 is 15.0 Å². The largest absolute Gasteiger partial charge is 0.484 e. The highest BCUT2D eigenvalue weighted by molar-refractivity contribution is 5.91. The molecule has 0 aliphatic rings. The van der Waals surface area contributed by atoms with Gasteiger partial charge in [-0.25, -0.2) is 4.79 Å². The van der Waals surface area contributed by atoms with Crippen LogP contribution < -0.4 is 21.3 Å². The molecule has 22 heavy (non-hydrogen) atoms. The second kappa shape index (κ2) is 6.35. The number of nitro groups is 1. The van der Waals surface area contributed by atoms with Gasteiger partial charge in [-0.3, -0.25) is 24.7 Å². The number of nitrogens with zero attached hydrogens (tertiary/aromatic N) is 1. The maximum Gasteiger partial charge on any atom is 0.325 e. The number of ether oxygens (including phenoxy) is 1. The van der Waals surface area contributed by atoms with Crippen LogP contribution in [0.25, 0.3) is 0 Å². The van der Waals surface area contributed by atoms with E-state index in [0.717, 1.165) is 6.20 Å². The molecule has 0 unspecified atom stereocenters. The Morgan fingerprint density at radius 1 is 1.27 bits per heavy atom. The Bertz CT molecular complexity index is 807. The highest BCUT2D eigenvalue weighted by atomic mass is 16.6. The molecule has 0 fully saturated rings. The minimum Gasteiger partial charge on any atom is -0.484 e. The molecule has 114 valence electrons. The first-order valence-electron chi connectivity index (χ1n) is 5.95. The number of aromatic amines is 2. The standard InChI is InChI=1S/C12H10N4O6/c17-10(14-9-5-13-12(19)15-11(9)18)6-22-8-3-1-7(2-4-8)16(20)21/h1-5H,6H2,(H,14,17)(H2,13,15,18,19). The first-order valence-corrected chi connectivity index (χ1v) is 5.95. The topological polar surface area (TPSA) is 147 Å². The maximum atomic E-state index is 11.6. The predicted octanol–water partition coefficient (Wildman–Crippen LogP) is -0.0111. The SMILES string of the molecule is O=C(COc1ccc([N+](=O)[O-])cc1)Nc1c[nH]c(=O)[nH]c1=O. The van der Waals surface area contributed by atoms with Crippen LogP contribution in [-0.4, -0.2) is 27.4 Å². The zero-order chi connectivity index (χ0) is 16.1. The van der Waals surface area contributed by atoms with Gasteiger partial charge in [-0.2, -0.15) is 0 Å². The minimum atomic E-state index is -0.743. The molecular formula is C12H10N4O6. The maximum absolute atomic E-state index is 11.6. The Hall–Kier alpha value is -3.43. The lowest BCUT2D eigenvalue weighted by Gasteiger charge is -2.06. The number of hydrogen-bond donors (Lipinski definition) is 3. The van der Waals surface area contributed by atoms with Crippen molar-refractivity contribution in [3.63, 3.8) is 0 Å². The molecule has 0 bridgehead atoms. The summed E-state index contributed by atoms with van der Waals surface area (Å²) in [6, 6.07) is 5.16. The number of nitrogens with one attached hydrogen (secondary N) is 3. The number of nitro benzene ring substituents is 1. The summed E-state index contributed by atoms with van der Waals surface area (Å²) in [4.78, 5) is 47.9. The fourth-order valence-corrected chi connectivity index (χ4v) is 1.50. The van der Waals surface area contributed by atoms with E-state index in [1.165, 1.54) is 24.3 Å². The third-order valence-corrected chi connectivity index (χ3v) is 2.51. The van der Waals surface area contributed by atoms with Crippen LogP contribution in [0.2, 0.25) is 0 Å². The average molecular weight is 306 g/mol. The summed E-state index contributed by atoms with van der Waals surface area (Å²) in [5.41, 5.74) is -1.66. The minimum absolute atomic E-state index is 0.100. The number of carbonyl (C=O) groups is 1. The van der Waals surface area contributed by atoms with Crippen LogP contribution >= 0.6 is 0 Å². The third-order valence-electron chi connectivity index (χ3n) is 2.51. The number of amides is 1. The lowest BCUT2D eigenvalue weighted by Crippen LogP contribution is -2.28. The van der Waals surface area contributed by atoms with Crippen molar-refractivity contribution in [3.05, 3.63) is 61.4 Å². The van der Waals surface area contributed by atoms with Gasteiger partial charge in [0.1, 0.15) is 11.4 Å². The molecule has 1 aromatic carbocycles. The van der Waals surface area contributed by atoms with Gasteiger partial charge in [-0.15, -0.1) is 0 Å². The number of rotatable bonds is 5. The zero-order valence-electron chi connectivity index (χ0n) is 11.0. The van der Waals surface area contributed by atoms with Crippen molar-refractivity contribution in [2.75, 3.05) is 11.9 Å². The Kier molecular flexibility index (Phi) is 4.32. The highest BCUT2D eigenvalue weighted by Crippen LogP contribution is 2.17. The molecule has 1 heterocycles. The first-order chi connectivity index (χ1) is 10.5. The van der Waals surface area contributed by atoms with Crippen LogP contribution in [0.15, 0.2) is 40.1 Å². The Morgan fingerprint density at radius 2 is 1.95 bits per heavy atom. The van der Waals surface area contributed by atoms with Crippen LogP contribution in [0.3, 0.4) is 0 Å². The number of anilines is 1. The summed E-state index contributed by atoms with van der Waals surface area (Å²) in [6.07, 6.45) is 1.06. The molecule has 0 aliphatic heterocycles. The number of carbonyl (C=O) groups excluding carboxylic acids is 1. The molecule has 3 N–H and O–H groups in total. The Labute approximate surface area is 121 Å². The van der Waals surface area contributed by atoms with Crippen molar-refractivity contribution in [3.8, 4) is 5.75 Å². The van der Waals surface area contributed by atoms with Crippen molar-refractivity contribution >= 4 is 17.3 Å². The molecule has 0 saturated heterocycles. The van der Waals surface area contributed by atoms with Crippen molar-refractivity contribution in [1.82, 2.24) is 9.97 Å². The summed E-state index contributed by atoms with van der Waals surface area (Å²) in [7, 11) is 0. The van der Waals surface area contributed by atoms with Gasteiger partial charge in [-0.1, -0.05) is 0 Å². The lowest BCUT2D eigenvalue weighted by atomic mass is 10.3. The fourth-order valence-electron chi connectivity index (χ4n) is 1.50. The molecule has 2 rings (SSSR count). The molecule has 1 aromatic heterocycles. The van der Waals surface area contributed by atoms with Gasteiger partial charge >= 0.3 is 5.69 Å². The normalized spacial score (nSPS) is 10.0. The lowest BCUT2D eigenvalue weighted by molar-refractivity contribution is -0.384. The molecule has 0 aliphatic carbocycles. The van der Waals surface area contributed by atoms with Crippen molar-refractivity contribution in [1.29, 1.82) is 0 Å². The third kappa shape index (κ3) is 3.79. The van der Waals surface area contributed by atoms with Crippen molar-refractivity contribution in [2.24, 2.45) is 0 Å². The number of aromatic nitrogens is 2. The van der Waals surface area contributed by atoms with Gasteiger partial charge in [0.05, 0.1) is 4.92 Å². The zero-order valence-corrected chi connectivity index (χ0v) is 11.0. The number of H-pyrrole nitrogens is 2. The molecule has 10 heteroatoms. The van der Waals surface area contributed by atoms with Crippen LogP contribution in [0.1, 0.15) is 0 Å². The predicted molar refractivity (Wildman–Crippen MR) is 74.9 cm³/mol. The monoisotopic (exact) mass is 306 g/mol.